The van der Waals surface area contributed by atoms with Gasteiger partial charge in [-0.3, -0.25) is 14.7 Å². The lowest BCUT2D eigenvalue weighted by Gasteiger charge is -2.33. The predicted molar refractivity (Wildman–Crippen MR) is 130 cm³/mol. The maximum Gasteiger partial charge on any atom is 0.236 e. The number of carbonyl (C=O) groups excluding carboxylic acids is 1. The van der Waals surface area contributed by atoms with Crippen molar-refractivity contribution in [2.24, 2.45) is 4.99 Å². The predicted octanol–water partition coefficient (Wildman–Crippen LogP) is 2.64. The molecule has 1 saturated heterocycles. The molecule has 0 unspecified atom stereocenters. The molecule has 0 aliphatic carbocycles. The summed E-state index contributed by atoms with van der Waals surface area (Å²) in [6, 6.07) is 6.92. The number of likely N-dealkylation sites (tertiary alicyclic amines) is 1. The molecule has 1 aliphatic rings. The molecule has 1 aromatic carbocycles. The number of guanidine groups is 1. The van der Waals surface area contributed by atoms with Crippen LogP contribution in [0, 0.1) is 5.82 Å². The van der Waals surface area contributed by atoms with Gasteiger partial charge < -0.3 is 15.5 Å². The van der Waals surface area contributed by atoms with Gasteiger partial charge in [0.1, 0.15) is 5.82 Å². The number of aliphatic imine (C=N–C) groups is 1. The Morgan fingerprint density at radius 3 is 2.52 bits per heavy atom. The van der Waals surface area contributed by atoms with Crippen molar-refractivity contribution in [3.8, 4) is 0 Å². The number of carbonyl (C=O) groups is 1. The smallest absolute Gasteiger partial charge is 0.236 e. The number of nitrogens with zero attached hydrogens (tertiary/aromatic N) is 3. The zero-order chi connectivity index (χ0) is 20.4. The lowest BCUT2D eigenvalue weighted by atomic mass is 10.1. The van der Waals surface area contributed by atoms with Crippen molar-refractivity contribution in [1.29, 1.82) is 0 Å². The van der Waals surface area contributed by atoms with Gasteiger partial charge >= 0.3 is 0 Å². The molecule has 0 radical (unpaired) electrons. The molecule has 1 fully saturated rings. The molecule has 1 amide bonds. The molecule has 0 spiro atoms. The Bertz CT molecular complexity index is 636. The average molecular weight is 537 g/mol. The minimum atomic E-state index is -0.210. The second-order valence-electron chi connectivity index (χ2n) is 7.05. The Hall–Kier alpha value is -1.07. The van der Waals surface area contributed by atoms with Crippen LogP contribution in [0.2, 0.25) is 0 Å². The van der Waals surface area contributed by atoms with E-state index >= 15 is 0 Å². The fourth-order valence-electron chi connectivity index (χ4n) is 2.93. The maximum absolute atomic E-state index is 12.9. The first-order valence-electron chi connectivity index (χ1n) is 9.83. The summed E-state index contributed by atoms with van der Waals surface area (Å²) in [5, 5.41) is 6.82. The molecular formula is C20H33FIN5OS. The summed E-state index contributed by atoms with van der Waals surface area (Å²) >= 11 is 1.67. The number of hydrogen-bond donors (Lipinski definition) is 2. The highest BCUT2D eigenvalue weighted by molar-refractivity contribution is 14.0. The molecule has 1 aromatic rings. The number of likely N-dealkylation sites (N-methyl/N-ethyl adjacent to an activating group) is 1. The lowest BCUT2D eigenvalue weighted by molar-refractivity contribution is -0.130. The molecule has 0 aromatic heterocycles. The van der Waals surface area contributed by atoms with Gasteiger partial charge in [0.05, 0.1) is 13.1 Å². The van der Waals surface area contributed by atoms with Crippen molar-refractivity contribution in [2.45, 2.75) is 30.7 Å². The van der Waals surface area contributed by atoms with Crippen LogP contribution in [-0.2, 0) is 4.79 Å². The van der Waals surface area contributed by atoms with Gasteiger partial charge in [-0.15, -0.1) is 35.7 Å². The number of amides is 1. The number of halogens is 2. The lowest BCUT2D eigenvalue weighted by Crippen LogP contribution is -2.50. The van der Waals surface area contributed by atoms with E-state index in [1.165, 1.54) is 12.1 Å². The summed E-state index contributed by atoms with van der Waals surface area (Å²) in [7, 11) is 3.59. The van der Waals surface area contributed by atoms with Crippen LogP contribution in [0.4, 0.5) is 4.39 Å². The second-order valence-corrected chi connectivity index (χ2v) is 8.21. The van der Waals surface area contributed by atoms with Crippen molar-refractivity contribution < 1.29 is 9.18 Å². The van der Waals surface area contributed by atoms with E-state index in [-0.39, 0.29) is 35.7 Å². The fourth-order valence-corrected chi connectivity index (χ4v) is 3.68. The summed E-state index contributed by atoms with van der Waals surface area (Å²) in [4.78, 5) is 21.4. The third kappa shape index (κ3) is 9.99. The highest BCUT2D eigenvalue weighted by atomic mass is 127. The summed E-state index contributed by atoms with van der Waals surface area (Å²) in [6.45, 7) is 5.88. The van der Waals surface area contributed by atoms with E-state index in [0.717, 1.165) is 49.1 Å². The molecule has 0 bridgehead atoms. The number of nitrogens with one attached hydrogen (secondary N) is 2. The maximum atomic E-state index is 12.9. The summed E-state index contributed by atoms with van der Waals surface area (Å²) in [5.41, 5.74) is 0. The van der Waals surface area contributed by atoms with Crippen LogP contribution >= 0.6 is 35.7 Å². The quantitative estimate of drug-likeness (QED) is 0.176. The first kappa shape index (κ1) is 26.0. The van der Waals surface area contributed by atoms with E-state index in [0.29, 0.717) is 19.1 Å². The largest absolute Gasteiger partial charge is 0.357 e. The first-order chi connectivity index (χ1) is 13.5. The number of benzene rings is 1. The molecule has 0 atom stereocenters. The van der Waals surface area contributed by atoms with Crippen LogP contribution in [0.5, 0.6) is 0 Å². The van der Waals surface area contributed by atoms with Crippen molar-refractivity contribution in [3.63, 3.8) is 0 Å². The first-order valence-corrected chi connectivity index (χ1v) is 10.8. The highest BCUT2D eigenvalue weighted by Gasteiger charge is 2.21. The van der Waals surface area contributed by atoms with Gasteiger partial charge in [0.25, 0.3) is 0 Å². The molecule has 6 nitrogen and oxygen atoms in total. The van der Waals surface area contributed by atoms with Crippen LogP contribution < -0.4 is 10.6 Å². The third-order valence-corrected chi connectivity index (χ3v) is 5.57. The average Bonchev–Trinajstić information content (AvgIpc) is 2.68. The molecular weight excluding hydrogens is 504 g/mol. The van der Waals surface area contributed by atoms with E-state index in [2.05, 4.69) is 27.4 Å². The minimum Gasteiger partial charge on any atom is -0.357 e. The Labute approximate surface area is 195 Å². The number of rotatable bonds is 8. The Morgan fingerprint density at radius 1 is 1.28 bits per heavy atom. The standard InChI is InChI=1S/C20H32FN5OS.HI/c1-4-22-20(23-11-14-28-18-7-5-16(21)6-8-18)24-17-9-12-26(13-10-17)15-19(27)25(2)3;/h5-8,17H,4,9-15H2,1-3H3,(H2,22,23,24);1H. The molecule has 9 heteroatoms. The van der Waals surface area contributed by atoms with E-state index in [4.69, 9.17) is 0 Å². The Kier molecular flexibility index (Phi) is 12.6. The van der Waals surface area contributed by atoms with Crippen LogP contribution in [0.1, 0.15) is 19.8 Å². The minimum absolute atomic E-state index is 0. The van der Waals surface area contributed by atoms with Gasteiger partial charge in [-0.25, -0.2) is 4.39 Å². The highest BCUT2D eigenvalue weighted by Crippen LogP contribution is 2.17. The normalized spacial score (nSPS) is 15.5. The van der Waals surface area contributed by atoms with Gasteiger partial charge in [-0.2, -0.15) is 0 Å². The fraction of sp³-hybridized carbons (Fsp3) is 0.600. The number of piperidine rings is 1. The summed E-state index contributed by atoms with van der Waals surface area (Å²) < 4.78 is 12.9. The van der Waals surface area contributed by atoms with Gasteiger partial charge in [-0.1, -0.05) is 0 Å². The van der Waals surface area contributed by atoms with Crippen molar-refractivity contribution in [3.05, 3.63) is 30.1 Å². The molecule has 0 saturated carbocycles. The number of thioether (sulfide) groups is 1. The number of hydrogen-bond acceptors (Lipinski definition) is 4. The monoisotopic (exact) mass is 537 g/mol. The second kappa shape index (κ2) is 14.0. The van der Waals surface area contributed by atoms with E-state index in [9.17, 15) is 9.18 Å². The van der Waals surface area contributed by atoms with E-state index in [1.807, 2.05) is 0 Å². The molecule has 1 aliphatic heterocycles. The van der Waals surface area contributed by atoms with E-state index in [1.54, 1.807) is 42.9 Å². The SMILES string of the molecule is CCNC(=NCCSc1ccc(F)cc1)NC1CCN(CC(=O)N(C)C)CC1.I. The molecule has 2 N–H and O–H groups in total. The van der Waals surface area contributed by atoms with Gasteiger partial charge in [0.2, 0.25) is 5.91 Å². The van der Waals surface area contributed by atoms with Gasteiger partial charge in [0.15, 0.2) is 5.96 Å². The topological polar surface area (TPSA) is 60.0 Å². The van der Waals surface area contributed by atoms with Crippen LogP contribution in [0.3, 0.4) is 0 Å². The summed E-state index contributed by atoms with van der Waals surface area (Å²) in [5.74, 6) is 1.62. The van der Waals surface area contributed by atoms with Crippen molar-refractivity contribution in [2.75, 3.05) is 52.6 Å². The van der Waals surface area contributed by atoms with Gasteiger partial charge in [-0.05, 0) is 44.0 Å². The molecule has 29 heavy (non-hydrogen) atoms. The van der Waals surface area contributed by atoms with Crippen LogP contribution in [-0.4, -0.2) is 80.3 Å². The molecule has 2 rings (SSSR count). The Balaban J connectivity index is 0.00000420. The van der Waals surface area contributed by atoms with Gasteiger partial charge in [0, 0.05) is 50.4 Å². The zero-order valence-electron chi connectivity index (χ0n) is 17.5. The molecule has 1 heterocycles. The van der Waals surface area contributed by atoms with Crippen LogP contribution in [0.25, 0.3) is 0 Å². The molecule has 164 valence electrons. The van der Waals surface area contributed by atoms with Crippen molar-refractivity contribution in [1.82, 2.24) is 20.4 Å². The van der Waals surface area contributed by atoms with Crippen LogP contribution in [0.15, 0.2) is 34.2 Å². The van der Waals surface area contributed by atoms with E-state index < -0.39 is 0 Å². The summed E-state index contributed by atoms with van der Waals surface area (Å²) in [6.07, 6.45) is 1.99. The third-order valence-electron chi connectivity index (χ3n) is 4.57. The Morgan fingerprint density at radius 2 is 1.93 bits per heavy atom. The zero-order valence-corrected chi connectivity index (χ0v) is 20.6. The van der Waals surface area contributed by atoms with Crippen molar-refractivity contribution >= 4 is 47.6 Å².